The van der Waals surface area contributed by atoms with Crippen LogP contribution in [0.4, 0.5) is 0 Å². The van der Waals surface area contributed by atoms with Gasteiger partial charge in [-0.3, -0.25) is 9.78 Å². The first-order valence-corrected chi connectivity index (χ1v) is 9.56. The molecule has 1 aliphatic carbocycles. The molecule has 2 aromatic heterocycles. The van der Waals surface area contributed by atoms with E-state index >= 15 is 0 Å². The third-order valence-electron chi connectivity index (χ3n) is 5.24. The highest BCUT2D eigenvalue weighted by Crippen LogP contribution is 2.28. The molecule has 2 aromatic rings. The van der Waals surface area contributed by atoms with Crippen LogP contribution in [0.1, 0.15) is 50.5 Å². The molecule has 0 unspecified atom stereocenters. The zero-order valence-corrected chi connectivity index (χ0v) is 15.2. The number of ether oxygens (including phenoxy) is 1. The second kappa shape index (κ2) is 8.04. The molecule has 0 radical (unpaired) electrons. The summed E-state index contributed by atoms with van der Waals surface area (Å²) in [5.74, 6) is 0.485. The molecule has 1 saturated heterocycles. The van der Waals surface area contributed by atoms with Crippen molar-refractivity contribution in [1.29, 1.82) is 0 Å². The topological polar surface area (TPSA) is 107 Å². The lowest BCUT2D eigenvalue weighted by atomic mass is 9.84. The minimum Gasteiger partial charge on any atom is -0.403 e. The molecular weight excluding hydrogens is 350 g/mol. The summed E-state index contributed by atoms with van der Waals surface area (Å²) in [5.41, 5.74) is 0.657. The van der Waals surface area contributed by atoms with Crippen LogP contribution in [0.25, 0.3) is 11.1 Å². The smallest absolute Gasteiger partial charge is 0.337 e. The molecule has 0 bridgehead atoms. The van der Waals surface area contributed by atoms with Gasteiger partial charge in [0.25, 0.3) is 5.56 Å². The summed E-state index contributed by atoms with van der Waals surface area (Å²) in [4.78, 5) is 36.6. The van der Waals surface area contributed by atoms with Gasteiger partial charge in [0, 0.05) is 18.9 Å². The predicted molar refractivity (Wildman–Crippen MR) is 99.3 cm³/mol. The highest BCUT2D eigenvalue weighted by atomic mass is 16.6. The molecule has 1 aliphatic heterocycles. The van der Waals surface area contributed by atoms with E-state index < -0.39 is 5.63 Å². The molecule has 1 saturated carbocycles. The van der Waals surface area contributed by atoms with Crippen LogP contribution in [0.5, 0.6) is 6.01 Å². The second-order valence-electron chi connectivity index (χ2n) is 7.21. The first-order chi connectivity index (χ1) is 13.2. The fourth-order valence-corrected chi connectivity index (χ4v) is 3.84. The number of oxime groups is 1. The first-order valence-electron chi connectivity index (χ1n) is 9.56. The van der Waals surface area contributed by atoms with Gasteiger partial charge in [-0.05, 0) is 17.9 Å². The van der Waals surface area contributed by atoms with E-state index in [0.29, 0.717) is 49.3 Å². The minimum atomic E-state index is -0.506. The summed E-state index contributed by atoms with van der Waals surface area (Å²) in [7, 11) is 0. The van der Waals surface area contributed by atoms with Gasteiger partial charge in [0.2, 0.25) is 5.71 Å². The van der Waals surface area contributed by atoms with Gasteiger partial charge in [0.05, 0.1) is 18.9 Å². The van der Waals surface area contributed by atoms with E-state index in [-0.39, 0.29) is 17.3 Å². The standard InChI is InChI=1S/C19H23N3O5/c23-15-11-13(10-12-4-2-1-3-5-12)16-17(24)20-19(21-18(16)26-15)27-22-14-6-8-25-9-7-14/h11-12H,1-10H2,(H,20,21,24). The molecule has 27 heavy (non-hydrogen) atoms. The van der Waals surface area contributed by atoms with Crippen molar-refractivity contribution in [3.05, 3.63) is 32.4 Å². The number of hydrogen-bond donors (Lipinski definition) is 1. The second-order valence-corrected chi connectivity index (χ2v) is 7.21. The number of nitrogens with zero attached hydrogens (tertiary/aromatic N) is 2. The van der Waals surface area contributed by atoms with Crippen LogP contribution >= 0.6 is 0 Å². The molecule has 2 fully saturated rings. The van der Waals surface area contributed by atoms with Crippen LogP contribution in [0.3, 0.4) is 0 Å². The Morgan fingerprint density at radius 1 is 1.19 bits per heavy atom. The molecule has 8 heteroatoms. The fraction of sp³-hybridized carbons (Fsp3) is 0.579. The lowest BCUT2D eigenvalue weighted by Gasteiger charge is -2.21. The molecule has 1 N–H and O–H groups in total. The zero-order chi connectivity index (χ0) is 18.6. The van der Waals surface area contributed by atoms with Crippen LogP contribution in [-0.2, 0) is 11.2 Å². The number of fused-ring (bicyclic) bond motifs is 1. The fourth-order valence-electron chi connectivity index (χ4n) is 3.84. The van der Waals surface area contributed by atoms with E-state index in [0.717, 1.165) is 18.6 Å². The van der Waals surface area contributed by atoms with E-state index in [1.165, 1.54) is 25.3 Å². The number of rotatable bonds is 4. The largest absolute Gasteiger partial charge is 0.403 e. The van der Waals surface area contributed by atoms with Gasteiger partial charge in [0.1, 0.15) is 5.39 Å². The van der Waals surface area contributed by atoms with Gasteiger partial charge in [0.15, 0.2) is 0 Å². The molecule has 144 valence electrons. The Labute approximate surface area is 155 Å². The van der Waals surface area contributed by atoms with Gasteiger partial charge in [-0.1, -0.05) is 37.3 Å². The Hall–Kier alpha value is -2.48. The Morgan fingerprint density at radius 2 is 1.96 bits per heavy atom. The summed E-state index contributed by atoms with van der Waals surface area (Å²) < 4.78 is 10.4. The van der Waals surface area contributed by atoms with Crippen molar-refractivity contribution < 1.29 is 14.0 Å². The van der Waals surface area contributed by atoms with E-state index in [9.17, 15) is 9.59 Å². The van der Waals surface area contributed by atoms with Crippen molar-refractivity contribution in [3.8, 4) is 6.01 Å². The van der Waals surface area contributed by atoms with Gasteiger partial charge < -0.3 is 14.0 Å². The molecular formula is C19H23N3O5. The third kappa shape index (κ3) is 4.27. The van der Waals surface area contributed by atoms with Gasteiger partial charge in [-0.15, -0.1) is 0 Å². The minimum absolute atomic E-state index is 0.000707. The molecule has 0 aromatic carbocycles. The lowest BCUT2D eigenvalue weighted by molar-refractivity contribution is 0.132. The van der Waals surface area contributed by atoms with Crippen molar-refractivity contribution >= 4 is 16.8 Å². The number of aromatic nitrogens is 2. The molecule has 4 rings (SSSR count). The average Bonchev–Trinajstić information content (AvgIpc) is 2.67. The van der Waals surface area contributed by atoms with Crippen molar-refractivity contribution in [3.63, 3.8) is 0 Å². The zero-order valence-electron chi connectivity index (χ0n) is 15.2. The highest BCUT2D eigenvalue weighted by Gasteiger charge is 2.19. The molecule has 8 nitrogen and oxygen atoms in total. The maximum Gasteiger partial charge on any atom is 0.337 e. The van der Waals surface area contributed by atoms with Gasteiger partial charge in [-0.2, -0.15) is 4.98 Å². The summed E-state index contributed by atoms with van der Waals surface area (Å²) in [6.45, 7) is 1.20. The van der Waals surface area contributed by atoms with Crippen molar-refractivity contribution in [2.75, 3.05) is 13.2 Å². The van der Waals surface area contributed by atoms with Crippen LogP contribution in [-0.4, -0.2) is 28.9 Å². The Bertz CT molecular complexity index is 948. The number of hydrogen-bond acceptors (Lipinski definition) is 7. The van der Waals surface area contributed by atoms with Crippen LogP contribution < -0.4 is 16.0 Å². The first kappa shape index (κ1) is 17.9. The maximum absolute atomic E-state index is 12.6. The average molecular weight is 373 g/mol. The van der Waals surface area contributed by atoms with Crippen molar-refractivity contribution in [2.45, 2.75) is 51.4 Å². The van der Waals surface area contributed by atoms with Crippen molar-refractivity contribution in [2.24, 2.45) is 11.1 Å². The Morgan fingerprint density at radius 3 is 2.74 bits per heavy atom. The summed E-state index contributed by atoms with van der Waals surface area (Å²) >= 11 is 0. The third-order valence-corrected chi connectivity index (χ3v) is 5.24. The lowest BCUT2D eigenvalue weighted by Crippen LogP contribution is -2.18. The van der Waals surface area contributed by atoms with Crippen LogP contribution in [0.2, 0.25) is 0 Å². The Balaban J connectivity index is 1.63. The quantitative estimate of drug-likeness (QED) is 0.826. The SMILES string of the molecule is O=c1cc(CC2CCCCC2)c2c(=O)[nH]c(ON=C3CCOCC3)nc2o1. The van der Waals surface area contributed by atoms with Crippen LogP contribution in [0.15, 0.2) is 25.2 Å². The van der Waals surface area contributed by atoms with E-state index in [4.69, 9.17) is 14.0 Å². The molecule has 0 spiro atoms. The number of nitrogens with one attached hydrogen (secondary N) is 1. The number of aromatic amines is 1. The van der Waals surface area contributed by atoms with E-state index in [1.807, 2.05) is 0 Å². The maximum atomic E-state index is 12.6. The van der Waals surface area contributed by atoms with Crippen molar-refractivity contribution in [1.82, 2.24) is 9.97 Å². The monoisotopic (exact) mass is 373 g/mol. The molecule has 2 aliphatic rings. The number of H-pyrrole nitrogens is 1. The van der Waals surface area contributed by atoms with E-state index in [2.05, 4.69) is 15.1 Å². The Kier molecular flexibility index (Phi) is 5.33. The van der Waals surface area contributed by atoms with Gasteiger partial charge >= 0.3 is 11.6 Å². The summed E-state index contributed by atoms with van der Waals surface area (Å²) in [6.07, 6.45) is 7.94. The van der Waals surface area contributed by atoms with Gasteiger partial charge in [-0.25, -0.2) is 4.79 Å². The molecule has 3 heterocycles. The highest BCUT2D eigenvalue weighted by molar-refractivity contribution is 5.84. The predicted octanol–water partition coefficient (Wildman–Crippen LogP) is 2.54. The molecule has 0 atom stereocenters. The summed E-state index contributed by atoms with van der Waals surface area (Å²) in [6, 6.07) is 1.33. The normalized spacial score (nSPS) is 18.6. The van der Waals surface area contributed by atoms with E-state index in [1.54, 1.807) is 0 Å². The molecule has 0 amide bonds. The summed E-state index contributed by atoms with van der Waals surface area (Å²) in [5, 5.41) is 4.35. The van der Waals surface area contributed by atoms with Crippen LogP contribution in [0, 0.1) is 5.92 Å².